The van der Waals surface area contributed by atoms with Crippen LogP contribution in [0.4, 0.5) is 0 Å². The van der Waals surface area contributed by atoms with Gasteiger partial charge in [0.1, 0.15) is 0 Å². The lowest BCUT2D eigenvalue weighted by Crippen LogP contribution is -2.55. The summed E-state index contributed by atoms with van der Waals surface area (Å²) in [6.45, 7) is 6.26. The van der Waals surface area contributed by atoms with Crippen molar-refractivity contribution in [3.8, 4) is 0 Å². The van der Waals surface area contributed by atoms with E-state index < -0.39 is 5.60 Å². The van der Waals surface area contributed by atoms with E-state index in [1.807, 2.05) is 0 Å². The molecule has 0 bridgehead atoms. The van der Waals surface area contributed by atoms with Gasteiger partial charge in [-0.05, 0) is 24.7 Å². The quantitative estimate of drug-likeness (QED) is 0.768. The predicted octanol–water partition coefficient (Wildman–Crippen LogP) is 3.30. The molecule has 1 saturated carbocycles. The van der Waals surface area contributed by atoms with E-state index in [0.29, 0.717) is 6.42 Å². The van der Waals surface area contributed by atoms with Crippen molar-refractivity contribution in [3.63, 3.8) is 0 Å². The number of aliphatic hydroxyl groups is 1. The molecule has 1 fully saturated rings. The maximum Gasteiger partial charge on any atom is 0.311 e. The van der Waals surface area contributed by atoms with E-state index in [1.54, 1.807) is 0 Å². The third kappa shape index (κ3) is 2.87. The zero-order chi connectivity index (χ0) is 13.8. The average molecular weight is 256 g/mol. The van der Waals surface area contributed by atoms with Crippen LogP contribution in [0, 0.1) is 11.3 Å². The fourth-order valence-electron chi connectivity index (χ4n) is 3.26. The van der Waals surface area contributed by atoms with E-state index in [1.165, 1.54) is 7.11 Å². The summed E-state index contributed by atoms with van der Waals surface area (Å²) in [4.78, 5) is 12.0. The van der Waals surface area contributed by atoms with Crippen LogP contribution in [0.5, 0.6) is 0 Å². The first kappa shape index (κ1) is 15.5. The SMILES string of the molecule is CCCCC(C(=O)OC)C1(O)CCCCC1(C)C. The Morgan fingerprint density at radius 3 is 2.44 bits per heavy atom. The highest BCUT2D eigenvalue weighted by molar-refractivity contribution is 5.74. The third-order valence-corrected chi connectivity index (χ3v) is 4.69. The van der Waals surface area contributed by atoms with Crippen LogP contribution >= 0.6 is 0 Å². The Morgan fingerprint density at radius 1 is 1.33 bits per heavy atom. The second-order valence-corrected chi connectivity index (χ2v) is 6.23. The molecule has 1 aliphatic carbocycles. The van der Waals surface area contributed by atoms with Crippen molar-refractivity contribution in [1.29, 1.82) is 0 Å². The Morgan fingerprint density at radius 2 is 1.94 bits per heavy atom. The van der Waals surface area contributed by atoms with Gasteiger partial charge in [-0.2, -0.15) is 0 Å². The highest BCUT2D eigenvalue weighted by Crippen LogP contribution is 2.49. The summed E-state index contributed by atoms with van der Waals surface area (Å²) in [5.41, 5.74) is -1.12. The van der Waals surface area contributed by atoms with Gasteiger partial charge in [-0.1, -0.05) is 46.5 Å². The first-order valence-electron chi connectivity index (χ1n) is 7.19. The number of hydrogen-bond donors (Lipinski definition) is 1. The van der Waals surface area contributed by atoms with Gasteiger partial charge in [-0.15, -0.1) is 0 Å². The highest BCUT2D eigenvalue weighted by Gasteiger charge is 2.52. The maximum absolute atomic E-state index is 12.0. The van der Waals surface area contributed by atoms with E-state index >= 15 is 0 Å². The van der Waals surface area contributed by atoms with Gasteiger partial charge in [-0.3, -0.25) is 4.79 Å². The molecule has 0 saturated heterocycles. The smallest absolute Gasteiger partial charge is 0.311 e. The maximum atomic E-state index is 12.0. The second kappa shape index (κ2) is 6.05. The molecule has 1 N–H and O–H groups in total. The molecule has 0 amide bonds. The molecule has 18 heavy (non-hydrogen) atoms. The largest absolute Gasteiger partial charge is 0.469 e. The number of methoxy groups -OCH3 is 1. The molecule has 0 aliphatic heterocycles. The molecular formula is C15H28O3. The van der Waals surface area contributed by atoms with E-state index in [4.69, 9.17) is 4.74 Å². The first-order valence-corrected chi connectivity index (χ1v) is 7.19. The molecule has 2 unspecified atom stereocenters. The number of carbonyl (C=O) groups excluding carboxylic acids is 1. The summed E-state index contributed by atoms with van der Waals surface area (Å²) in [5.74, 6) is -0.626. The lowest BCUT2D eigenvalue weighted by atomic mass is 9.59. The topological polar surface area (TPSA) is 46.5 Å². The summed E-state index contributed by atoms with van der Waals surface area (Å²) in [5, 5.41) is 11.1. The molecule has 2 atom stereocenters. The van der Waals surface area contributed by atoms with Gasteiger partial charge in [0.15, 0.2) is 0 Å². The zero-order valence-corrected chi connectivity index (χ0v) is 12.3. The normalized spacial score (nSPS) is 28.7. The number of carbonyl (C=O) groups is 1. The molecule has 1 rings (SSSR count). The Bertz CT molecular complexity index is 285. The summed E-state index contributed by atoms with van der Waals surface area (Å²) in [6, 6.07) is 0. The van der Waals surface area contributed by atoms with Crippen molar-refractivity contribution in [2.45, 2.75) is 71.3 Å². The van der Waals surface area contributed by atoms with Crippen LogP contribution in [0.15, 0.2) is 0 Å². The van der Waals surface area contributed by atoms with Crippen molar-refractivity contribution in [2.75, 3.05) is 7.11 Å². The molecule has 0 radical (unpaired) electrons. The summed E-state index contributed by atoms with van der Waals surface area (Å²) < 4.78 is 4.92. The van der Waals surface area contributed by atoms with Gasteiger partial charge in [0.25, 0.3) is 0 Å². The number of ether oxygens (including phenoxy) is 1. The zero-order valence-electron chi connectivity index (χ0n) is 12.3. The van der Waals surface area contributed by atoms with Gasteiger partial charge in [0.2, 0.25) is 0 Å². The first-order chi connectivity index (χ1) is 8.39. The Labute approximate surface area is 111 Å². The fourth-order valence-corrected chi connectivity index (χ4v) is 3.26. The summed E-state index contributed by atoms with van der Waals surface area (Å²) >= 11 is 0. The van der Waals surface area contributed by atoms with Crippen LogP contribution in [0.1, 0.15) is 65.7 Å². The molecular weight excluding hydrogens is 228 g/mol. The monoisotopic (exact) mass is 256 g/mol. The third-order valence-electron chi connectivity index (χ3n) is 4.69. The number of rotatable bonds is 5. The van der Waals surface area contributed by atoms with Crippen molar-refractivity contribution in [3.05, 3.63) is 0 Å². The number of esters is 1. The molecule has 0 heterocycles. The number of unbranched alkanes of at least 4 members (excludes halogenated alkanes) is 1. The van der Waals surface area contributed by atoms with Crippen molar-refractivity contribution in [1.82, 2.24) is 0 Å². The van der Waals surface area contributed by atoms with Crippen LogP contribution in [-0.2, 0) is 9.53 Å². The Kier molecular flexibility index (Phi) is 5.20. The van der Waals surface area contributed by atoms with Crippen LogP contribution in [0.2, 0.25) is 0 Å². The van der Waals surface area contributed by atoms with Crippen LogP contribution in [0.25, 0.3) is 0 Å². The van der Waals surface area contributed by atoms with Crippen LogP contribution in [-0.4, -0.2) is 23.8 Å². The fraction of sp³-hybridized carbons (Fsp3) is 0.933. The minimum Gasteiger partial charge on any atom is -0.469 e. The van der Waals surface area contributed by atoms with Crippen molar-refractivity contribution >= 4 is 5.97 Å². The van der Waals surface area contributed by atoms with E-state index in [-0.39, 0.29) is 17.3 Å². The Hall–Kier alpha value is -0.570. The van der Waals surface area contributed by atoms with Gasteiger partial charge >= 0.3 is 5.97 Å². The molecule has 3 heteroatoms. The van der Waals surface area contributed by atoms with Gasteiger partial charge in [0.05, 0.1) is 18.6 Å². The molecule has 106 valence electrons. The van der Waals surface area contributed by atoms with Crippen molar-refractivity contribution < 1.29 is 14.6 Å². The van der Waals surface area contributed by atoms with Crippen LogP contribution in [0.3, 0.4) is 0 Å². The van der Waals surface area contributed by atoms with Gasteiger partial charge in [-0.25, -0.2) is 0 Å². The van der Waals surface area contributed by atoms with E-state index in [0.717, 1.165) is 38.5 Å². The molecule has 0 aromatic carbocycles. The summed E-state index contributed by atoms with van der Waals surface area (Å²) in [6.07, 6.45) is 6.54. The molecule has 3 nitrogen and oxygen atoms in total. The lowest BCUT2D eigenvalue weighted by Gasteiger charge is -2.50. The lowest BCUT2D eigenvalue weighted by molar-refractivity contribution is -0.178. The predicted molar refractivity (Wildman–Crippen MR) is 72.2 cm³/mol. The molecule has 0 aromatic heterocycles. The van der Waals surface area contributed by atoms with E-state index in [9.17, 15) is 9.90 Å². The average Bonchev–Trinajstić information content (AvgIpc) is 2.33. The second-order valence-electron chi connectivity index (χ2n) is 6.23. The molecule has 0 spiro atoms. The Balaban J connectivity index is 2.96. The minimum absolute atomic E-state index is 0.210. The van der Waals surface area contributed by atoms with Crippen LogP contribution < -0.4 is 0 Å². The highest BCUT2D eigenvalue weighted by atomic mass is 16.5. The van der Waals surface area contributed by atoms with Gasteiger partial charge < -0.3 is 9.84 Å². The van der Waals surface area contributed by atoms with E-state index in [2.05, 4.69) is 20.8 Å². The minimum atomic E-state index is -0.909. The number of hydrogen-bond acceptors (Lipinski definition) is 3. The standard InChI is InChI=1S/C15H28O3/c1-5-6-9-12(13(16)18-4)15(17)11-8-7-10-14(15,2)3/h12,17H,5-11H2,1-4H3. The molecule has 0 aromatic rings. The molecule has 1 aliphatic rings. The van der Waals surface area contributed by atoms with Crippen molar-refractivity contribution in [2.24, 2.45) is 11.3 Å². The summed E-state index contributed by atoms with van der Waals surface area (Å²) in [7, 11) is 1.42. The van der Waals surface area contributed by atoms with Gasteiger partial charge in [0, 0.05) is 0 Å².